The van der Waals surface area contributed by atoms with Crippen LogP contribution in [0.3, 0.4) is 0 Å². The molecule has 0 saturated carbocycles. The molecule has 0 saturated heterocycles. The van der Waals surface area contributed by atoms with Gasteiger partial charge < -0.3 is 5.32 Å². The molecule has 0 spiro atoms. The highest BCUT2D eigenvalue weighted by atomic mass is 35.5. The van der Waals surface area contributed by atoms with Crippen LogP contribution in [0, 0.1) is 0 Å². The monoisotopic (exact) mass is 223 g/mol. The summed E-state index contributed by atoms with van der Waals surface area (Å²) < 4.78 is 0. The maximum absolute atomic E-state index is 11.4. The van der Waals surface area contributed by atoms with E-state index in [0.29, 0.717) is 5.56 Å². The highest BCUT2D eigenvalue weighted by molar-refractivity contribution is 6.30. The van der Waals surface area contributed by atoms with Crippen molar-refractivity contribution in [2.45, 2.75) is 12.8 Å². The number of rotatable bonds is 2. The summed E-state index contributed by atoms with van der Waals surface area (Å²) in [6.07, 6.45) is 0. The van der Waals surface area contributed by atoms with Gasteiger partial charge >= 0.3 is 0 Å². The van der Waals surface area contributed by atoms with Crippen LogP contribution in [-0.2, 0) is 4.79 Å². The lowest BCUT2D eigenvalue weighted by Gasteiger charge is -2.03. The molecule has 2 rings (SSSR count). The van der Waals surface area contributed by atoms with E-state index in [-0.39, 0.29) is 23.5 Å². The fraction of sp³-hybridized carbons (Fsp3) is 0.273. The van der Waals surface area contributed by atoms with E-state index in [2.05, 4.69) is 5.32 Å². The molecular weight excluding hydrogens is 214 g/mol. The van der Waals surface area contributed by atoms with Crippen LogP contribution in [-0.4, -0.2) is 17.6 Å². The fourth-order valence-corrected chi connectivity index (χ4v) is 1.82. The van der Waals surface area contributed by atoms with Crippen molar-refractivity contribution < 1.29 is 9.59 Å². The Morgan fingerprint density at radius 3 is 2.93 bits per heavy atom. The number of nitrogens with one attached hydrogen (secondary N) is 1. The van der Waals surface area contributed by atoms with E-state index in [0.717, 1.165) is 11.3 Å². The second kappa shape index (κ2) is 3.66. The van der Waals surface area contributed by atoms with Crippen molar-refractivity contribution in [2.75, 3.05) is 11.2 Å². The molecule has 0 aromatic heterocycles. The summed E-state index contributed by atoms with van der Waals surface area (Å²) in [7, 11) is 0. The van der Waals surface area contributed by atoms with Gasteiger partial charge in [-0.25, -0.2) is 0 Å². The molecular formula is C11H10ClNO2. The third-order valence-corrected chi connectivity index (χ3v) is 2.86. The molecule has 0 bridgehead atoms. The van der Waals surface area contributed by atoms with Crippen LogP contribution in [0.15, 0.2) is 18.2 Å². The van der Waals surface area contributed by atoms with Crippen molar-refractivity contribution in [2.24, 2.45) is 0 Å². The molecule has 0 fully saturated rings. The normalized spacial score (nSPS) is 18.5. The molecule has 1 aromatic rings. The van der Waals surface area contributed by atoms with Gasteiger partial charge in [-0.2, -0.15) is 0 Å². The molecule has 3 nitrogen and oxygen atoms in total. The number of hydrogen-bond acceptors (Lipinski definition) is 2. The third kappa shape index (κ3) is 1.63. The maximum atomic E-state index is 11.4. The first-order valence-electron chi connectivity index (χ1n) is 4.67. The minimum Gasteiger partial charge on any atom is -0.325 e. The molecule has 0 radical (unpaired) electrons. The second-order valence-corrected chi connectivity index (χ2v) is 3.84. The van der Waals surface area contributed by atoms with Gasteiger partial charge in [0.25, 0.3) is 0 Å². The Balaban J connectivity index is 2.44. The van der Waals surface area contributed by atoms with Crippen molar-refractivity contribution in [3.05, 3.63) is 29.3 Å². The van der Waals surface area contributed by atoms with E-state index in [1.54, 1.807) is 18.2 Å². The molecule has 1 amide bonds. The van der Waals surface area contributed by atoms with Gasteiger partial charge in [-0.05, 0) is 30.7 Å². The molecule has 1 aromatic carbocycles. The zero-order valence-electron chi connectivity index (χ0n) is 8.21. The summed E-state index contributed by atoms with van der Waals surface area (Å²) in [5.41, 5.74) is 2.22. The van der Waals surface area contributed by atoms with E-state index >= 15 is 0 Å². The van der Waals surface area contributed by atoms with E-state index in [1.807, 2.05) is 6.92 Å². The lowest BCUT2D eigenvalue weighted by atomic mass is 9.99. The standard InChI is InChI=1S/C11H10ClNO2/c1-6-8-4-7(10(14)5-12)2-3-9(8)13-11(6)15/h2-4,6H,5H2,1H3,(H,13,15)/t6-/m1/s1. The number of Topliss-reactive ketones (excluding diaryl/α,β-unsaturated/α-hetero) is 1. The summed E-state index contributed by atoms with van der Waals surface area (Å²) in [5, 5.41) is 2.75. The molecule has 15 heavy (non-hydrogen) atoms. The van der Waals surface area contributed by atoms with Crippen LogP contribution in [0.1, 0.15) is 28.8 Å². The van der Waals surface area contributed by atoms with Crippen molar-refractivity contribution in [3.63, 3.8) is 0 Å². The van der Waals surface area contributed by atoms with Crippen molar-refractivity contribution in [1.82, 2.24) is 0 Å². The second-order valence-electron chi connectivity index (χ2n) is 3.57. The summed E-state index contributed by atoms with van der Waals surface area (Å²) in [6, 6.07) is 5.17. The lowest BCUT2D eigenvalue weighted by molar-refractivity contribution is -0.116. The van der Waals surface area contributed by atoms with E-state index in [4.69, 9.17) is 11.6 Å². The Hall–Kier alpha value is -1.35. The molecule has 0 unspecified atom stereocenters. The van der Waals surface area contributed by atoms with Crippen molar-refractivity contribution in [1.29, 1.82) is 0 Å². The average Bonchev–Trinajstić information content (AvgIpc) is 2.54. The molecule has 1 aliphatic heterocycles. The van der Waals surface area contributed by atoms with E-state index in [9.17, 15) is 9.59 Å². The topological polar surface area (TPSA) is 46.2 Å². The summed E-state index contributed by atoms with van der Waals surface area (Å²) in [5.74, 6) is -0.372. The largest absolute Gasteiger partial charge is 0.325 e. The molecule has 1 heterocycles. The SMILES string of the molecule is C[C@H]1C(=O)Nc2ccc(C(=O)CCl)cc21. The first-order chi connectivity index (χ1) is 7.13. The van der Waals surface area contributed by atoms with Crippen LogP contribution in [0.5, 0.6) is 0 Å². The van der Waals surface area contributed by atoms with Gasteiger partial charge in [-0.3, -0.25) is 9.59 Å². The number of hydrogen-bond donors (Lipinski definition) is 1. The zero-order chi connectivity index (χ0) is 11.0. The van der Waals surface area contributed by atoms with Gasteiger partial charge in [0.2, 0.25) is 5.91 Å². The third-order valence-electron chi connectivity index (χ3n) is 2.61. The molecule has 1 atom stereocenters. The number of fused-ring (bicyclic) bond motifs is 1. The number of carbonyl (C=O) groups is 2. The smallest absolute Gasteiger partial charge is 0.231 e. The number of halogens is 1. The Labute approximate surface area is 92.4 Å². The molecule has 0 aliphatic carbocycles. The highest BCUT2D eigenvalue weighted by Crippen LogP contribution is 2.32. The van der Waals surface area contributed by atoms with Gasteiger partial charge in [0.05, 0.1) is 11.8 Å². The predicted molar refractivity (Wildman–Crippen MR) is 58.5 cm³/mol. The first kappa shape index (κ1) is 10.2. The predicted octanol–water partition coefficient (Wildman–Crippen LogP) is 2.16. The van der Waals surface area contributed by atoms with Gasteiger partial charge in [0.1, 0.15) is 0 Å². The lowest BCUT2D eigenvalue weighted by Crippen LogP contribution is -2.08. The number of benzene rings is 1. The van der Waals surface area contributed by atoms with Gasteiger partial charge in [0.15, 0.2) is 5.78 Å². The van der Waals surface area contributed by atoms with Crippen LogP contribution in [0.25, 0.3) is 0 Å². The van der Waals surface area contributed by atoms with Gasteiger partial charge in [-0.15, -0.1) is 11.6 Å². The van der Waals surface area contributed by atoms with E-state index in [1.165, 1.54) is 0 Å². The molecule has 1 N–H and O–H groups in total. The van der Waals surface area contributed by atoms with Crippen LogP contribution >= 0.6 is 11.6 Å². The first-order valence-corrected chi connectivity index (χ1v) is 5.21. The summed E-state index contributed by atoms with van der Waals surface area (Å²) in [6.45, 7) is 1.82. The minimum atomic E-state index is -0.192. The van der Waals surface area contributed by atoms with Crippen LogP contribution in [0.4, 0.5) is 5.69 Å². The fourth-order valence-electron chi connectivity index (χ4n) is 1.67. The number of carbonyl (C=O) groups excluding carboxylic acids is 2. The van der Waals surface area contributed by atoms with Crippen LogP contribution < -0.4 is 5.32 Å². The Bertz CT molecular complexity index is 442. The Morgan fingerprint density at radius 2 is 2.27 bits per heavy atom. The summed E-state index contributed by atoms with van der Waals surface area (Å²) >= 11 is 5.47. The highest BCUT2D eigenvalue weighted by Gasteiger charge is 2.26. The van der Waals surface area contributed by atoms with Gasteiger partial charge in [-0.1, -0.05) is 0 Å². The van der Waals surface area contributed by atoms with Crippen LogP contribution in [0.2, 0.25) is 0 Å². The molecule has 4 heteroatoms. The number of anilines is 1. The van der Waals surface area contributed by atoms with Crippen molar-refractivity contribution >= 4 is 29.0 Å². The zero-order valence-corrected chi connectivity index (χ0v) is 8.97. The van der Waals surface area contributed by atoms with E-state index < -0.39 is 0 Å². The molecule has 78 valence electrons. The molecule has 1 aliphatic rings. The quantitative estimate of drug-likeness (QED) is 0.617. The number of ketones is 1. The maximum Gasteiger partial charge on any atom is 0.231 e. The minimum absolute atomic E-state index is 0.0273. The number of alkyl halides is 1. The summed E-state index contributed by atoms with van der Waals surface area (Å²) in [4.78, 5) is 22.7. The van der Waals surface area contributed by atoms with Gasteiger partial charge in [0, 0.05) is 11.3 Å². The average molecular weight is 224 g/mol. The Morgan fingerprint density at radius 1 is 1.53 bits per heavy atom. The number of amides is 1. The Kier molecular flexibility index (Phi) is 2.49. The van der Waals surface area contributed by atoms with Crippen molar-refractivity contribution in [3.8, 4) is 0 Å².